The van der Waals surface area contributed by atoms with Crippen molar-refractivity contribution in [2.24, 2.45) is 11.7 Å². The maximum Gasteiger partial charge on any atom is 0.288 e. The van der Waals surface area contributed by atoms with Crippen molar-refractivity contribution in [1.82, 2.24) is 0 Å². The van der Waals surface area contributed by atoms with Crippen LogP contribution in [0.1, 0.15) is 13.8 Å². The summed E-state index contributed by atoms with van der Waals surface area (Å²) < 4.78 is 24.7. The Bertz CT molecular complexity index is 413. The van der Waals surface area contributed by atoms with Crippen molar-refractivity contribution in [3.8, 4) is 0 Å². The third-order valence-electron chi connectivity index (χ3n) is 2.38. The Kier molecular flexibility index (Phi) is 5.55. The van der Waals surface area contributed by atoms with Crippen molar-refractivity contribution in [2.45, 2.75) is 30.5 Å². The first-order valence-corrected chi connectivity index (χ1v) is 6.40. The van der Waals surface area contributed by atoms with Crippen molar-refractivity contribution in [1.29, 1.82) is 0 Å². The predicted molar refractivity (Wildman–Crippen MR) is 69.7 cm³/mol. The van der Waals surface area contributed by atoms with Gasteiger partial charge in [-0.25, -0.2) is 0 Å². The molecule has 0 spiro atoms. The van der Waals surface area contributed by atoms with Gasteiger partial charge in [-0.05, 0) is 18.1 Å². The monoisotopic (exact) mass is 274 g/mol. The summed E-state index contributed by atoms with van der Waals surface area (Å²) in [4.78, 5) is 12.1. The topological polar surface area (TPSA) is 55.1 Å². The summed E-state index contributed by atoms with van der Waals surface area (Å²) in [6.07, 6.45) is 0. The number of halogens is 2. The van der Waals surface area contributed by atoms with E-state index in [1.807, 2.05) is 13.8 Å². The van der Waals surface area contributed by atoms with Crippen molar-refractivity contribution in [3.63, 3.8) is 0 Å². The highest BCUT2D eigenvalue weighted by Crippen LogP contribution is 2.31. The van der Waals surface area contributed by atoms with Gasteiger partial charge in [0, 0.05) is 4.90 Å². The van der Waals surface area contributed by atoms with E-state index < -0.39 is 11.8 Å². The fourth-order valence-electron chi connectivity index (χ4n) is 1.29. The van der Waals surface area contributed by atoms with Crippen molar-refractivity contribution < 1.29 is 13.6 Å². The molecule has 0 radical (unpaired) electrons. The minimum absolute atomic E-state index is 0.0140. The molecular formula is C12H16F2N2OS. The van der Waals surface area contributed by atoms with E-state index in [-0.39, 0.29) is 11.8 Å². The van der Waals surface area contributed by atoms with Crippen molar-refractivity contribution >= 4 is 23.4 Å². The van der Waals surface area contributed by atoms with E-state index in [0.29, 0.717) is 22.3 Å². The summed E-state index contributed by atoms with van der Waals surface area (Å²) in [5.74, 6) is -2.91. The van der Waals surface area contributed by atoms with E-state index >= 15 is 0 Å². The third kappa shape index (κ3) is 4.27. The van der Waals surface area contributed by atoms with Gasteiger partial charge in [0.15, 0.2) is 0 Å². The van der Waals surface area contributed by atoms with Gasteiger partial charge in [0.05, 0.1) is 11.7 Å². The SMILES string of the molecule is CC(C)[C@H](N)C(=O)Nc1ccccc1SC(F)F. The highest BCUT2D eigenvalue weighted by atomic mass is 32.2. The average Bonchev–Trinajstić information content (AvgIpc) is 2.29. The quantitative estimate of drug-likeness (QED) is 0.812. The molecule has 1 aromatic carbocycles. The molecule has 0 bridgehead atoms. The number of benzene rings is 1. The molecular weight excluding hydrogens is 258 g/mol. The normalized spacial score (nSPS) is 12.8. The van der Waals surface area contributed by atoms with E-state index in [2.05, 4.69) is 5.32 Å². The van der Waals surface area contributed by atoms with E-state index in [1.165, 1.54) is 6.07 Å². The molecule has 0 saturated heterocycles. The largest absolute Gasteiger partial charge is 0.324 e. The summed E-state index contributed by atoms with van der Waals surface area (Å²) in [6.45, 7) is 3.65. The molecule has 0 aromatic heterocycles. The molecule has 0 aliphatic heterocycles. The number of amides is 1. The smallest absolute Gasteiger partial charge is 0.288 e. The number of anilines is 1. The Hall–Kier alpha value is -1.14. The lowest BCUT2D eigenvalue weighted by Crippen LogP contribution is -2.39. The fourth-order valence-corrected chi connectivity index (χ4v) is 1.88. The predicted octanol–water partition coefficient (Wildman–Crippen LogP) is 2.92. The molecule has 0 saturated carbocycles. The second kappa shape index (κ2) is 6.70. The second-order valence-corrected chi connectivity index (χ2v) is 5.17. The number of para-hydroxylation sites is 1. The van der Waals surface area contributed by atoms with Crippen LogP contribution in [0, 0.1) is 5.92 Å². The third-order valence-corrected chi connectivity index (χ3v) is 3.17. The zero-order valence-electron chi connectivity index (χ0n) is 10.2. The molecule has 0 unspecified atom stereocenters. The zero-order chi connectivity index (χ0) is 13.7. The molecule has 1 aromatic rings. The zero-order valence-corrected chi connectivity index (χ0v) is 11.0. The van der Waals surface area contributed by atoms with Crippen LogP contribution in [0.2, 0.25) is 0 Å². The molecule has 0 heterocycles. The summed E-state index contributed by atoms with van der Waals surface area (Å²) >= 11 is 0.398. The highest BCUT2D eigenvalue weighted by Gasteiger charge is 2.19. The average molecular weight is 274 g/mol. The molecule has 3 N–H and O–H groups in total. The van der Waals surface area contributed by atoms with Gasteiger partial charge in [-0.2, -0.15) is 8.78 Å². The van der Waals surface area contributed by atoms with Gasteiger partial charge in [0.1, 0.15) is 0 Å². The molecule has 6 heteroatoms. The number of rotatable bonds is 5. The van der Waals surface area contributed by atoms with Gasteiger partial charge in [-0.3, -0.25) is 4.79 Å². The lowest BCUT2D eigenvalue weighted by Gasteiger charge is -2.16. The molecule has 0 aliphatic rings. The number of hydrogen-bond donors (Lipinski definition) is 2. The molecule has 0 fully saturated rings. The van der Waals surface area contributed by atoms with Crippen molar-refractivity contribution in [3.05, 3.63) is 24.3 Å². The van der Waals surface area contributed by atoms with E-state index in [1.54, 1.807) is 18.2 Å². The van der Waals surface area contributed by atoms with Crippen LogP contribution in [-0.4, -0.2) is 17.7 Å². The number of carbonyl (C=O) groups is 1. The fraction of sp³-hybridized carbons (Fsp3) is 0.417. The first-order chi connectivity index (χ1) is 8.41. The summed E-state index contributed by atoms with van der Waals surface area (Å²) in [6, 6.07) is 5.77. The minimum Gasteiger partial charge on any atom is -0.324 e. The first-order valence-electron chi connectivity index (χ1n) is 5.52. The van der Waals surface area contributed by atoms with E-state index in [4.69, 9.17) is 5.73 Å². The van der Waals surface area contributed by atoms with Crippen LogP contribution >= 0.6 is 11.8 Å². The van der Waals surface area contributed by atoms with E-state index in [0.717, 1.165) is 0 Å². The van der Waals surface area contributed by atoms with Gasteiger partial charge < -0.3 is 11.1 Å². The van der Waals surface area contributed by atoms with Gasteiger partial charge in [0.25, 0.3) is 5.76 Å². The lowest BCUT2D eigenvalue weighted by atomic mass is 10.1. The standard InChI is InChI=1S/C12H16F2N2OS/c1-7(2)10(15)11(17)16-8-5-3-4-6-9(8)18-12(13)14/h3-7,10,12H,15H2,1-2H3,(H,16,17)/t10-/m0/s1. The maximum absolute atomic E-state index is 12.4. The van der Waals surface area contributed by atoms with Crippen LogP contribution in [0.25, 0.3) is 0 Å². The minimum atomic E-state index is -2.53. The molecule has 3 nitrogen and oxygen atoms in total. The highest BCUT2D eigenvalue weighted by molar-refractivity contribution is 7.99. The van der Waals surface area contributed by atoms with Crippen molar-refractivity contribution in [2.75, 3.05) is 5.32 Å². The Morgan fingerprint density at radius 2 is 1.94 bits per heavy atom. The summed E-state index contributed by atoms with van der Waals surface area (Å²) in [5, 5.41) is 2.58. The van der Waals surface area contributed by atoms with Gasteiger partial charge in [-0.15, -0.1) is 0 Å². The molecule has 100 valence electrons. The van der Waals surface area contributed by atoms with E-state index in [9.17, 15) is 13.6 Å². The lowest BCUT2D eigenvalue weighted by molar-refractivity contribution is -0.118. The number of carbonyl (C=O) groups excluding carboxylic acids is 1. The number of alkyl halides is 2. The molecule has 0 aliphatic carbocycles. The Morgan fingerprint density at radius 1 is 1.33 bits per heavy atom. The van der Waals surface area contributed by atoms with Crippen LogP contribution < -0.4 is 11.1 Å². The van der Waals surface area contributed by atoms with Gasteiger partial charge >= 0.3 is 0 Å². The van der Waals surface area contributed by atoms with Crippen LogP contribution in [-0.2, 0) is 4.79 Å². The number of hydrogen-bond acceptors (Lipinski definition) is 3. The second-order valence-electron chi connectivity index (χ2n) is 4.13. The Morgan fingerprint density at radius 3 is 2.50 bits per heavy atom. The molecule has 1 amide bonds. The first kappa shape index (κ1) is 14.9. The number of nitrogens with two attached hydrogens (primary N) is 1. The van der Waals surface area contributed by atoms with Crippen LogP contribution in [0.15, 0.2) is 29.2 Å². The molecule has 1 rings (SSSR count). The number of nitrogens with one attached hydrogen (secondary N) is 1. The Labute approximate surface area is 109 Å². The summed E-state index contributed by atoms with van der Waals surface area (Å²) in [5.41, 5.74) is 6.06. The van der Waals surface area contributed by atoms with Crippen LogP contribution in [0.5, 0.6) is 0 Å². The molecule has 1 atom stereocenters. The van der Waals surface area contributed by atoms with Crippen LogP contribution in [0.4, 0.5) is 14.5 Å². The number of thioether (sulfide) groups is 1. The maximum atomic E-state index is 12.4. The summed E-state index contributed by atoms with van der Waals surface area (Å²) in [7, 11) is 0. The van der Waals surface area contributed by atoms with Crippen LogP contribution in [0.3, 0.4) is 0 Å². The van der Waals surface area contributed by atoms with Gasteiger partial charge in [0.2, 0.25) is 5.91 Å². The Balaban J connectivity index is 2.81. The van der Waals surface area contributed by atoms with Gasteiger partial charge in [-0.1, -0.05) is 37.7 Å². The molecule has 18 heavy (non-hydrogen) atoms.